The van der Waals surface area contributed by atoms with Crippen molar-refractivity contribution in [3.05, 3.63) is 40.5 Å². The monoisotopic (exact) mass is 276 g/mol. The number of H-pyrrole nitrogens is 1. The van der Waals surface area contributed by atoms with Gasteiger partial charge in [0.2, 0.25) is 10.0 Å². The van der Waals surface area contributed by atoms with Gasteiger partial charge in [0.1, 0.15) is 4.21 Å². The van der Waals surface area contributed by atoms with E-state index in [2.05, 4.69) is 9.71 Å². The molecule has 0 bridgehead atoms. The van der Waals surface area contributed by atoms with E-state index in [1.807, 2.05) is 6.07 Å². The van der Waals surface area contributed by atoms with Gasteiger partial charge >= 0.3 is 0 Å². The molecule has 2 aromatic heterocycles. The average Bonchev–Trinajstić information content (AvgIpc) is 2.85. The molecule has 0 spiro atoms. The summed E-state index contributed by atoms with van der Waals surface area (Å²) in [5, 5.41) is 0. The van der Waals surface area contributed by atoms with Crippen LogP contribution in [0.3, 0.4) is 0 Å². The molecule has 0 amide bonds. The first-order valence-corrected chi connectivity index (χ1v) is 7.12. The van der Waals surface area contributed by atoms with Crippen LogP contribution in [0, 0.1) is 0 Å². The Kier molecular flexibility index (Phi) is 3.34. The normalized spacial score (nSPS) is 11.8. The number of hydrogen-bond acceptors (Lipinski definition) is 3. The van der Waals surface area contributed by atoms with Gasteiger partial charge in [0.15, 0.2) is 0 Å². The summed E-state index contributed by atoms with van der Waals surface area (Å²) < 4.78 is 26.7. The molecule has 0 radical (unpaired) electrons. The number of rotatable bonds is 4. The minimum absolute atomic E-state index is 0.230. The van der Waals surface area contributed by atoms with E-state index < -0.39 is 10.0 Å². The lowest BCUT2D eigenvalue weighted by molar-refractivity contribution is 0.583. The fraction of sp³-hybridized carbons (Fsp3) is 0.111. The minimum atomic E-state index is -3.45. The Morgan fingerprint density at radius 1 is 1.38 bits per heavy atom. The highest BCUT2D eigenvalue weighted by atomic mass is 35.5. The van der Waals surface area contributed by atoms with Crippen molar-refractivity contribution in [3.63, 3.8) is 0 Å². The van der Waals surface area contributed by atoms with Gasteiger partial charge in [0, 0.05) is 18.9 Å². The maximum absolute atomic E-state index is 11.8. The second-order valence-corrected chi connectivity index (χ2v) is 6.81. The highest BCUT2D eigenvalue weighted by Gasteiger charge is 2.15. The molecule has 0 saturated carbocycles. The molecule has 0 aliphatic carbocycles. The Bertz CT molecular complexity index is 560. The number of halogens is 1. The van der Waals surface area contributed by atoms with Crippen molar-refractivity contribution in [2.75, 3.05) is 0 Å². The predicted octanol–water partition coefficient (Wildman–Crippen LogP) is 2.21. The van der Waals surface area contributed by atoms with Crippen LogP contribution < -0.4 is 4.72 Å². The average molecular weight is 277 g/mol. The second kappa shape index (κ2) is 4.58. The van der Waals surface area contributed by atoms with Gasteiger partial charge in [0.05, 0.1) is 4.34 Å². The molecule has 0 aromatic carbocycles. The Morgan fingerprint density at radius 2 is 2.19 bits per heavy atom. The van der Waals surface area contributed by atoms with E-state index in [0.29, 0.717) is 4.34 Å². The van der Waals surface area contributed by atoms with Crippen molar-refractivity contribution in [3.8, 4) is 0 Å². The smallest absolute Gasteiger partial charge is 0.250 e. The van der Waals surface area contributed by atoms with Crippen LogP contribution in [0.4, 0.5) is 0 Å². The first-order chi connectivity index (χ1) is 7.58. The Morgan fingerprint density at radius 3 is 2.75 bits per heavy atom. The van der Waals surface area contributed by atoms with Crippen LogP contribution in [0.15, 0.2) is 34.8 Å². The summed E-state index contributed by atoms with van der Waals surface area (Å²) in [6, 6.07) is 4.87. The number of sulfonamides is 1. The highest BCUT2D eigenvalue weighted by Crippen LogP contribution is 2.25. The van der Waals surface area contributed by atoms with Crippen molar-refractivity contribution in [1.82, 2.24) is 9.71 Å². The van der Waals surface area contributed by atoms with Crippen LogP contribution in [0.5, 0.6) is 0 Å². The van der Waals surface area contributed by atoms with Gasteiger partial charge < -0.3 is 4.98 Å². The lowest BCUT2D eigenvalue weighted by Crippen LogP contribution is -2.22. The quantitative estimate of drug-likeness (QED) is 0.899. The molecule has 0 atom stereocenters. The maximum atomic E-state index is 11.8. The van der Waals surface area contributed by atoms with Crippen LogP contribution in [0.1, 0.15) is 5.56 Å². The van der Waals surface area contributed by atoms with E-state index >= 15 is 0 Å². The first kappa shape index (κ1) is 11.7. The van der Waals surface area contributed by atoms with Crippen LogP contribution >= 0.6 is 22.9 Å². The zero-order valence-corrected chi connectivity index (χ0v) is 10.5. The van der Waals surface area contributed by atoms with E-state index in [9.17, 15) is 8.42 Å². The van der Waals surface area contributed by atoms with Gasteiger partial charge in [-0.2, -0.15) is 0 Å². The van der Waals surface area contributed by atoms with Crippen molar-refractivity contribution < 1.29 is 8.42 Å². The molecule has 86 valence electrons. The topological polar surface area (TPSA) is 62.0 Å². The van der Waals surface area contributed by atoms with Crippen LogP contribution in [-0.2, 0) is 16.6 Å². The molecule has 2 aromatic rings. The van der Waals surface area contributed by atoms with Gasteiger partial charge in [0.25, 0.3) is 0 Å². The number of aromatic nitrogens is 1. The molecular formula is C9H9ClN2O2S2. The Labute approximate surface area is 102 Å². The fourth-order valence-corrected chi connectivity index (χ4v) is 3.71. The summed E-state index contributed by atoms with van der Waals surface area (Å²) in [4.78, 5) is 2.86. The number of aromatic amines is 1. The van der Waals surface area contributed by atoms with Crippen molar-refractivity contribution >= 4 is 33.0 Å². The zero-order valence-electron chi connectivity index (χ0n) is 8.10. The van der Waals surface area contributed by atoms with Gasteiger partial charge in [-0.25, -0.2) is 13.1 Å². The lowest BCUT2D eigenvalue weighted by atomic mass is 10.4. The summed E-state index contributed by atoms with van der Waals surface area (Å²) in [6.07, 6.45) is 3.48. The molecule has 16 heavy (non-hydrogen) atoms. The molecule has 0 fully saturated rings. The van der Waals surface area contributed by atoms with Crippen molar-refractivity contribution in [1.29, 1.82) is 0 Å². The molecule has 0 aliphatic heterocycles. The van der Waals surface area contributed by atoms with Crippen molar-refractivity contribution in [2.24, 2.45) is 0 Å². The minimum Gasteiger partial charge on any atom is -0.367 e. The molecule has 4 nitrogen and oxygen atoms in total. The lowest BCUT2D eigenvalue weighted by Gasteiger charge is -2.02. The number of nitrogens with one attached hydrogen (secondary N) is 2. The van der Waals surface area contributed by atoms with Gasteiger partial charge in [-0.05, 0) is 23.8 Å². The van der Waals surface area contributed by atoms with Crippen LogP contribution in [-0.4, -0.2) is 13.4 Å². The van der Waals surface area contributed by atoms with E-state index in [1.54, 1.807) is 18.5 Å². The standard InChI is InChI=1S/C9H9ClN2O2S2/c10-8-1-2-9(15-8)16(13,14)12-6-7-3-4-11-5-7/h1-5,11-12H,6H2. The van der Waals surface area contributed by atoms with Gasteiger partial charge in [-0.15, -0.1) is 11.3 Å². The summed E-state index contributed by atoms with van der Waals surface area (Å²) in [7, 11) is -3.45. The molecule has 2 heterocycles. The van der Waals surface area contributed by atoms with Gasteiger partial charge in [-0.3, -0.25) is 0 Å². The third-order valence-electron chi connectivity index (χ3n) is 1.94. The van der Waals surface area contributed by atoms with Crippen LogP contribution in [0.25, 0.3) is 0 Å². The van der Waals surface area contributed by atoms with E-state index in [4.69, 9.17) is 11.6 Å². The zero-order chi connectivity index (χ0) is 11.6. The third kappa shape index (κ3) is 2.65. The predicted molar refractivity (Wildman–Crippen MR) is 64.1 cm³/mol. The van der Waals surface area contributed by atoms with E-state index in [0.717, 1.165) is 16.9 Å². The molecular weight excluding hydrogens is 268 g/mol. The van der Waals surface area contributed by atoms with E-state index in [1.165, 1.54) is 6.07 Å². The summed E-state index contributed by atoms with van der Waals surface area (Å²) in [6.45, 7) is 0.265. The Hall–Kier alpha value is -0.820. The molecule has 2 N–H and O–H groups in total. The third-order valence-corrected chi connectivity index (χ3v) is 5.07. The summed E-state index contributed by atoms with van der Waals surface area (Å²) >= 11 is 6.73. The number of thiophene rings is 1. The molecule has 0 aliphatic rings. The summed E-state index contributed by atoms with van der Waals surface area (Å²) in [5.41, 5.74) is 0.881. The van der Waals surface area contributed by atoms with Crippen molar-refractivity contribution in [2.45, 2.75) is 10.8 Å². The molecule has 0 saturated heterocycles. The highest BCUT2D eigenvalue weighted by molar-refractivity contribution is 7.91. The first-order valence-electron chi connectivity index (χ1n) is 4.44. The van der Waals surface area contributed by atoms with Crippen LogP contribution in [0.2, 0.25) is 4.34 Å². The SMILES string of the molecule is O=S(=O)(NCc1cc[nH]c1)c1ccc(Cl)s1. The maximum Gasteiger partial charge on any atom is 0.250 e. The van der Waals surface area contributed by atoms with Gasteiger partial charge in [-0.1, -0.05) is 11.6 Å². The number of hydrogen-bond donors (Lipinski definition) is 2. The molecule has 2 rings (SSSR count). The Balaban J connectivity index is 2.09. The second-order valence-electron chi connectivity index (χ2n) is 3.10. The summed E-state index contributed by atoms with van der Waals surface area (Å²) in [5.74, 6) is 0. The largest absolute Gasteiger partial charge is 0.367 e. The molecule has 7 heteroatoms. The van der Waals surface area contributed by atoms with E-state index in [-0.39, 0.29) is 10.8 Å². The fourth-order valence-electron chi connectivity index (χ4n) is 1.16. The molecule has 0 unspecified atom stereocenters.